The molecule has 0 fully saturated rings. The lowest BCUT2D eigenvalue weighted by Gasteiger charge is -2.34. The normalized spacial score (nSPS) is 19.3. The fraction of sp³-hybridized carbons (Fsp3) is 0.308. The van der Waals surface area contributed by atoms with E-state index in [1.165, 1.54) is 0 Å². The molecule has 176 valence electrons. The number of aromatic nitrogens is 1. The van der Waals surface area contributed by atoms with Gasteiger partial charge in [-0.15, -0.1) is 0 Å². The molecule has 8 heteroatoms. The van der Waals surface area contributed by atoms with E-state index in [2.05, 4.69) is 10.5 Å². The molecular weight excluding hydrogens is 456 g/mol. The number of anilines is 1. The van der Waals surface area contributed by atoms with Crippen LogP contribution in [-0.4, -0.2) is 32.3 Å². The Morgan fingerprint density at radius 3 is 2.29 bits per heavy atom. The summed E-state index contributed by atoms with van der Waals surface area (Å²) in [5.41, 5.74) is 5.05. The molecule has 1 N–H and O–H groups in total. The molecule has 1 aromatic heterocycles. The number of nitrogens with one attached hydrogen (secondary N) is 1. The number of nitrogens with zero attached hydrogens (tertiary/aromatic N) is 1. The predicted octanol–water partition coefficient (Wildman–Crippen LogP) is 5.62. The molecule has 0 radical (unpaired) electrons. The topological polar surface area (TPSA) is 82.8 Å². The summed E-state index contributed by atoms with van der Waals surface area (Å²) in [6.45, 7) is 1.88. The molecule has 34 heavy (non-hydrogen) atoms. The van der Waals surface area contributed by atoms with Crippen LogP contribution in [0.25, 0.3) is 0 Å². The van der Waals surface area contributed by atoms with Crippen molar-refractivity contribution in [3.8, 4) is 17.2 Å². The van der Waals surface area contributed by atoms with Crippen molar-refractivity contribution in [1.82, 2.24) is 5.16 Å². The first-order valence-electron chi connectivity index (χ1n) is 11.0. The van der Waals surface area contributed by atoms with Gasteiger partial charge in [0, 0.05) is 28.6 Å². The first-order valence-corrected chi connectivity index (χ1v) is 11.4. The van der Waals surface area contributed by atoms with Crippen LogP contribution in [0.5, 0.6) is 17.2 Å². The quantitative estimate of drug-likeness (QED) is 0.507. The summed E-state index contributed by atoms with van der Waals surface area (Å²) in [7, 11) is 4.72. The van der Waals surface area contributed by atoms with Gasteiger partial charge in [-0.1, -0.05) is 28.9 Å². The molecule has 1 aliphatic heterocycles. The van der Waals surface area contributed by atoms with Gasteiger partial charge < -0.3 is 24.1 Å². The minimum Gasteiger partial charge on any atom is -0.493 e. The van der Waals surface area contributed by atoms with Gasteiger partial charge in [-0.25, -0.2) is 0 Å². The molecule has 7 nitrogen and oxygen atoms in total. The Morgan fingerprint density at radius 1 is 1.00 bits per heavy atom. The van der Waals surface area contributed by atoms with Crippen molar-refractivity contribution in [2.24, 2.45) is 0 Å². The lowest BCUT2D eigenvalue weighted by atomic mass is 9.72. The van der Waals surface area contributed by atoms with Gasteiger partial charge >= 0.3 is 0 Å². The van der Waals surface area contributed by atoms with Gasteiger partial charge in [-0.3, -0.25) is 4.79 Å². The molecule has 2 aliphatic rings. The van der Waals surface area contributed by atoms with Gasteiger partial charge in [0.15, 0.2) is 17.3 Å². The first kappa shape index (κ1) is 22.3. The van der Waals surface area contributed by atoms with Crippen LogP contribution in [0.4, 0.5) is 5.88 Å². The summed E-state index contributed by atoms with van der Waals surface area (Å²) in [5, 5.41) is 8.21. The van der Waals surface area contributed by atoms with Crippen LogP contribution in [0.3, 0.4) is 0 Å². The number of fused-ring (bicyclic) bond motifs is 1. The van der Waals surface area contributed by atoms with Gasteiger partial charge in [0.1, 0.15) is 0 Å². The number of allylic oxidation sites excluding steroid dienone is 2. The van der Waals surface area contributed by atoms with Crippen LogP contribution in [0.15, 0.2) is 52.2 Å². The molecule has 0 spiro atoms. The number of hydrogen-bond acceptors (Lipinski definition) is 7. The number of ether oxygens (including phenoxy) is 3. The Balaban J connectivity index is 1.65. The molecule has 2 unspecified atom stereocenters. The third-order valence-corrected chi connectivity index (χ3v) is 6.87. The van der Waals surface area contributed by atoms with Crippen LogP contribution in [0.2, 0.25) is 5.02 Å². The molecule has 0 amide bonds. The number of aryl methyl sites for hydroxylation is 1. The second-order valence-electron chi connectivity index (χ2n) is 8.50. The average molecular weight is 481 g/mol. The maximum Gasteiger partial charge on any atom is 0.233 e. The summed E-state index contributed by atoms with van der Waals surface area (Å²) < 4.78 is 22.3. The molecule has 0 saturated heterocycles. The predicted molar refractivity (Wildman–Crippen MR) is 128 cm³/mol. The van der Waals surface area contributed by atoms with E-state index in [1.54, 1.807) is 21.3 Å². The number of rotatable bonds is 5. The van der Waals surface area contributed by atoms with Gasteiger partial charge in [-0.2, -0.15) is 0 Å². The lowest BCUT2D eigenvalue weighted by Crippen LogP contribution is -2.29. The zero-order chi connectivity index (χ0) is 24.0. The van der Waals surface area contributed by atoms with Crippen LogP contribution >= 0.6 is 11.6 Å². The van der Waals surface area contributed by atoms with Crippen LogP contribution in [-0.2, 0) is 4.79 Å². The highest BCUT2D eigenvalue weighted by atomic mass is 35.5. The molecular formula is C26H25ClN2O5. The van der Waals surface area contributed by atoms with Crippen molar-refractivity contribution in [2.45, 2.75) is 31.6 Å². The van der Waals surface area contributed by atoms with Gasteiger partial charge in [0.25, 0.3) is 0 Å². The van der Waals surface area contributed by atoms with E-state index < -0.39 is 0 Å². The molecule has 5 rings (SSSR count). The minimum atomic E-state index is -0.370. The highest BCUT2D eigenvalue weighted by molar-refractivity contribution is 6.30. The van der Waals surface area contributed by atoms with Gasteiger partial charge in [-0.05, 0) is 54.7 Å². The summed E-state index contributed by atoms with van der Waals surface area (Å²) in [5.74, 6) is 1.85. The maximum absolute atomic E-state index is 13.7. The largest absolute Gasteiger partial charge is 0.493 e. The number of halogens is 1. The standard InChI is InChI=1S/C26H25ClN2O5/c1-13-22-23(16-11-20(31-2)25(33-4)21(12-16)32-3)24-18(28-26(22)34-29-13)9-15(10-19(24)30)14-5-7-17(27)8-6-14/h5-8,11-12,15,23,28H,9-10H2,1-4H3. The summed E-state index contributed by atoms with van der Waals surface area (Å²) in [6, 6.07) is 11.4. The second kappa shape index (κ2) is 8.72. The van der Waals surface area contributed by atoms with Crippen molar-refractivity contribution in [2.75, 3.05) is 26.6 Å². The highest BCUT2D eigenvalue weighted by Gasteiger charge is 2.41. The number of methoxy groups -OCH3 is 3. The molecule has 0 saturated carbocycles. The molecule has 2 heterocycles. The SMILES string of the molecule is COc1cc(C2C3=C(CC(c4ccc(Cl)cc4)CC3=O)Nc3onc(C)c32)cc(OC)c1OC. The fourth-order valence-corrected chi connectivity index (χ4v) is 5.17. The van der Waals surface area contributed by atoms with Gasteiger partial charge in [0.05, 0.1) is 32.6 Å². The maximum atomic E-state index is 13.7. The Kier molecular flexibility index (Phi) is 5.73. The van der Waals surface area contributed by atoms with E-state index in [0.29, 0.717) is 41.0 Å². The second-order valence-corrected chi connectivity index (χ2v) is 8.94. The minimum absolute atomic E-state index is 0.0437. The highest BCUT2D eigenvalue weighted by Crippen LogP contribution is 2.51. The van der Waals surface area contributed by atoms with Crippen molar-refractivity contribution < 1.29 is 23.5 Å². The third kappa shape index (κ3) is 3.60. The fourth-order valence-electron chi connectivity index (χ4n) is 5.04. The number of carbonyl (C=O) groups excluding carboxylic acids is 1. The molecule has 2 atom stereocenters. The number of benzene rings is 2. The Hall–Kier alpha value is -3.45. The lowest BCUT2D eigenvalue weighted by molar-refractivity contribution is -0.116. The average Bonchev–Trinajstić information content (AvgIpc) is 3.22. The third-order valence-electron chi connectivity index (χ3n) is 6.62. The van der Waals surface area contributed by atoms with Crippen molar-refractivity contribution in [1.29, 1.82) is 0 Å². The Bertz CT molecular complexity index is 1270. The smallest absolute Gasteiger partial charge is 0.233 e. The summed E-state index contributed by atoms with van der Waals surface area (Å²) >= 11 is 6.07. The Labute approximate surface area is 202 Å². The van der Waals surface area contributed by atoms with Crippen molar-refractivity contribution in [3.05, 3.63) is 75.1 Å². The van der Waals surface area contributed by atoms with E-state index in [9.17, 15) is 4.79 Å². The Morgan fingerprint density at radius 2 is 1.68 bits per heavy atom. The van der Waals surface area contributed by atoms with E-state index in [1.807, 2.05) is 43.3 Å². The van der Waals surface area contributed by atoms with Crippen LogP contribution in [0.1, 0.15) is 47.1 Å². The van der Waals surface area contributed by atoms with Crippen LogP contribution in [0, 0.1) is 6.92 Å². The monoisotopic (exact) mass is 480 g/mol. The van der Waals surface area contributed by atoms with E-state index in [0.717, 1.165) is 33.7 Å². The van der Waals surface area contributed by atoms with Crippen LogP contribution < -0.4 is 19.5 Å². The van der Waals surface area contributed by atoms with Crippen molar-refractivity contribution >= 4 is 23.3 Å². The number of ketones is 1. The van der Waals surface area contributed by atoms with Crippen molar-refractivity contribution in [3.63, 3.8) is 0 Å². The van der Waals surface area contributed by atoms with E-state index >= 15 is 0 Å². The molecule has 1 aliphatic carbocycles. The molecule has 2 aromatic carbocycles. The first-order chi connectivity index (χ1) is 16.4. The van der Waals surface area contributed by atoms with E-state index in [4.69, 9.17) is 30.3 Å². The zero-order valence-corrected chi connectivity index (χ0v) is 20.2. The van der Waals surface area contributed by atoms with Gasteiger partial charge in [0.2, 0.25) is 11.6 Å². The summed E-state index contributed by atoms with van der Waals surface area (Å²) in [4.78, 5) is 13.7. The zero-order valence-electron chi connectivity index (χ0n) is 19.4. The number of hydrogen-bond donors (Lipinski definition) is 1. The summed E-state index contributed by atoms with van der Waals surface area (Å²) in [6.07, 6.45) is 1.07. The number of Topliss-reactive ketones (excluding diaryl/α,β-unsaturated/α-hetero) is 1. The molecule has 0 bridgehead atoms. The number of carbonyl (C=O) groups is 1. The van der Waals surface area contributed by atoms with E-state index in [-0.39, 0.29) is 17.6 Å². The molecule has 3 aromatic rings.